The Labute approximate surface area is 142 Å². The third kappa shape index (κ3) is 3.21. The standard InChI is InChI=1S/C20H23N3O/c1-13-7-9-15(10-8-13)17-12-19(23-22-17)20(24)21-18-11-16(18)14-5-3-2-4-6-14/h2-10,16-19,22-23H,11-12H2,1H3,(H,21,24)/t16-,17?,18+,19?/m0/s1. The van der Waals surface area contributed by atoms with Crippen molar-refractivity contribution in [3.05, 3.63) is 71.3 Å². The van der Waals surface area contributed by atoms with Gasteiger partial charge in [0.05, 0.1) is 0 Å². The quantitative estimate of drug-likeness (QED) is 0.811. The van der Waals surface area contributed by atoms with Crippen molar-refractivity contribution in [2.45, 2.75) is 43.8 Å². The number of aryl methyl sites for hydroxylation is 1. The van der Waals surface area contributed by atoms with E-state index >= 15 is 0 Å². The van der Waals surface area contributed by atoms with Crippen molar-refractivity contribution in [3.8, 4) is 0 Å². The van der Waals surface area contributed by atoms with E-state index < -0.39 is 0 Å². The SMILES string of the molecule is Cc1ccc(C2CC(C(=O)N[C@@H]3C[C@H]3c3ccccc3)NN2)cc1. The van der Waals surface area contributed by atoms with Crippen LogP contribution in [-0.2, 0) is 4.79 Å². The van der Waals surface area contributed by atoms with E-state index in [0.717, 1.165) is 12.8 Å². The Bertz CT molecular complexity index is 713. The molecule has 124 valence electrons. The van der Waals surface area contributed by atoms with Gasteiger partial charge in [-0.05, 0) is 30.9 Å². The second kappa shape index (κ2) is 6.38. The molecule has 0 bridgehead atoms. The number of carbonyl (C=O) groups is 1. The number of benzene rings is 2. The summed E-state index contributed by atoms with van der Waals surface area (Å²) in [7, 11) is 0. The first-order valence-electron chi connectivity index (χ1n) is 8.63. The van der Waals surface area contributed by atoms with Crippen LogP contribution in [0.15, 0.2) is 54.6 Å². The predicted molar refractivity (Wildman–Crippen MR) is 94.3 cm³/mol. The zero-order valence-corrected chi connectivity index (χ0v) is 13.8. The lowest BCUT2D eigenvalue weighted by atomic mass is 10.0. The maximum atomic E-state index is 12.5. The minimum absolute atomic E-state index is 0.0977. The van der Waals surface area contributed by atoms with E-state index in [9.17, 15) is 4.79 Å². The van der Waals surface area contributed by atoms with Gasteiger partial charge < -0.3 is 5.32 Å². The predicted octanol–water partition coefficient (Wildman–Crippen LogP) is 2.57. The number of hydrazine groups is 1. The first-order chi connectivity index (χ1) is 11.7. The van der Waals surface area contributed by atoms with Crippen LogP contribution in [0, 0.1) is 6.92 Å². The highest BCUT2D eigenvalue weighted by Gasteiger charge is 2.41. The molecule has 0 radical (unpaired) electrons. The van der Waals surface area contributed by atoms with Crippen molar-refractivity contribution in [2.24, 2.45) is 0 Å². The van der Waals surface area contributed by atoms with Crippen LogP contribution in [0.2, 0.25) is 0 Å². The summed E-state index contributed by atoms with van der Waals surface area (Å²) in [5.74, 6) is 0.568. The molecule has 1 saturated carbocycles. The van der Waals surface area contributed by atoms with E-state index in [4.69, 9.17) is 0 Å². The van der Waals surface area contributed by atoms with E-state index in [2.05, 4.69) is 71.6 Å². The smallest absolute Gasteiger partial charge is 0.238 e. The van der Waals surface area contributed by atoms with Crippen LogP contribution < -0.4 is 16.2 Å². The van der Waals surface area contributed by atoms with Gasteiger partial charge in [0.25, 0.3) is 0 Å². The molecule has 1 saturated heterocycles. The Morgan fingerprint density at radius 3 is 2.46 bits per heavy atom. The van der Waals surface area contributed by atoms with Gasteiger partial charge in [-0.15, -0.1) is 0 Å². The average molecular weight is 321 g/mol. The molecule has 2 aliphatic rings. The van der Waals surface area contributed by atoms with Gasteiger partial charge >= 0.3 is 0 Å². The lowest BCUT2D eigenvalue weighted by Crippen LogP contribution is -2.44. The fraction of sp³-hybridized carbons (Fsp3) is 0.350. The summed E-state index contributed by atoms with van der Waals surface area (Å²) in [5, 5.41) is 3.18. The molecule has 2 aromatic rings. The Kier molecular flexibility index (Phi) is 4.08. The summed E-state index contributed by atoms with van der Waals surface area (Å²) in [6.07, 6.45) is 1.81. The molecule has 0 aromatic heterocycles. The molecule has 0 spiro atoms. The van der Waals surface area contributed by atoms with E-state index in [1.165, 1.54) is 16.7 Å². The van der Waals surface area contributed by atoms with E-state index in [1.807, 2.05) is 6.07 Å². The maximum absolute atomic E-state index is 12.5. The van der Waals surface area contributed by atoms with Crippen LogP contribution in [0.3, 0.4) is 0 Å². The topological polar surface area (TPSA) is 53.2 Å². The average Bonchev–Trinajstić information content (AvgIpc) is 3.19. The molecule has 1 heterocycles. The van der Waals surface area contributed by atoms with Crippen LogP contribution in [-0.4, -0.2) is 18.0 Å². The maximum Gasteiger partial charge on any atom is 0.238 e. The normalized spacial score (nSPS) is 28.5. The summed E-state index contributed by atoms with van der Waals surface area (Å²) in [4.78, 5) is 12.5. The molecule has 2 fully saturated rings. The van der Waals surface area contributed by atoms with Gasteiger partial charge in [-0.1, -0.05) is 60.2 Å². The molecule has 1 aliphatic carbocycles. The number of hydrogen-bond acceptors (Lipinski definition) is 3. The van der Waals surface area contributed by atoms with Gasteiger partial charge in [0.15, 0.2) is 0 Å². The van der Waals surface area contributed by atoms with E-state index in [-0.39, 0.29) is 24.0 Å². The summed E-state index contributed by atoms with van der Waals surface area (Å²) in [6, 6.07) is 19.2. The number of nitrogens with one attached hydrogen (secondary N) is 3. The van der Waals surface area contributed by atoms with Crippen LogP contribution in [0.4, 0.5) is 0 Å². The van der Waals surface area contributed by atoms with Gasteiger partial charge in [-0.25, -0.2) is 10.9 Å². The monoisotopic (exact) mass is 321 g/mol. The van der Waals surface area contributed by atoms with Crippen LogP contribution in [0.1, 0.15) is 41.5 Å². The zero-order chi connectivity index (χ0) is 16.5. The lowest BCUT2D eigenvalue weighted by Gasteiger charge is -2.11. The Morgan fingerprint density at radius 1 is 0.958 bits per heavy atom. The lowest BCUT2D eigenvalue weighted by molar-refractivity contribution is -0.123. The molecule has 4 nitrogen and oxygen atoms in total. The van der Waals surface area contributed by atoms with Crippen LogP contribution >= 0.6 is 0 Å². The number of rotatable bonds is 4. The highest BCUT2D eigenvalue weighted by Crippen LogP contribution is 2.40. The molecule has 2 unspecified atom stereocenters. The second-order valence-corrected chi connectivity index (χ2v) is 6.91. The molecule has 1 amide bonds. The van der Waals surface area contributed by atoms with E-state index in [1.54, 1.807) is 0 Å². The summed E-state index contributed by atoms with van der Waals surface area (Å²) in [5.41, 5.74) is 10.2. The fourth-order valence-electron chi connectivity index (χ4n) is 3.45. The molecule has 4 heteroatoms. The Hall–Kier alpha value is -2.17. The van der Waals surface area contributed by atoms with Crippen molar-refractivity contribution < 1.29 is 4.79 Å². The van der Waals surface area contributed by atoms with Crippen molar-refractivity contribution in [1.82, 2.24) is 16.2 Å². The summed E-state index contributed by atoms with van der Waals surface area (Å²) < 4.78 is 0. The summed E-state index contributed by atoms with van der Waals surface area (Å²) in [6.45, 7) is 2.08. The molecule has 24 heavy (non-hydrogen) atoms. The first kappa shape index (κ1) is 15.4. The Morgan fingerprint density at radius 2 is 1.71 bits per heavy atom. The van der Waals surface area contributed by atoms with Gasteiger partial charge in [-0.2, -0.15) is 0 Å². The molecular formula is C20H23N3O. The highest BCUT2D eigenvalue weighted by molar-refractivity contribution is 5.82. The second-order valence-electron chi connectivity index (χ2n) is 6.91. The fourth-order valence-corrected chi connectivity index (χ4v) is 3.45. The van der Waals surface area contributed by atoms with Crippen molar-refractivity contribution in [3.63, 3.8) is 0 Å². The van der Waals surface area contributed by atoms with Crippen LogP contribution in [0.25, 0.3) is 0 Å². The molecule has 4 rings (SSSR count). The molecule has 3 N–H and O–H groups in total. The minimum Gasteiger partial charge on any atom is -0.351 e. The third-order valence-electron chi connectivity index (χ3n) is 5.05. The molecular weight excluding hydrogens is 298 g/mol. The van der Waals surface area contributed by atoms with Crippen LogP contribution in [0.5, 0.6) is 0 Å². The largest absolute Gasteiger partial charge is 0.351 e. The van der Waals surface area contributed by atoms with Crippen molar-refractivity contribution in [2.75, 3.05) is 0 Å². The number of carbonyl (C=O) groups excluding carboxylic acids is 1. The number of amides is 1. The Balaban J connectivity index is 1.31. The van der Waals surface area contributed by atoms with Crippen molar-refractivity contribution in [1.29, 1.82) is 0 Å². The van der Waals surface area contributed by atoms with Gasteiger partial charge in [0, 0.05) is 18.0 Å². The minimum atomic E-state index is -0.173. The molecule has 2 aromatic carbocycles. The molecule has 1 aliphatic heterocycles. The first-order valence-corrected chi connectivity index (χ1v) is 8.63. The van der Waals surface area contributed by atoms with Gasteiger partial charge in [-0.3, -0.25) is 4.79 Å². The summed E-state index contributed by atoms with van der Waals surface area (Å²) >= 11 is 0. The van der Waals surface area contributed by atoms with Gasteiger partial charge in [0.1, 0.15) is 6.04 Å². The van der Waals surface area contributed by atoms with Gasteiger partial charge in [0.2, 0.25) is 5.91 Å². The highest BCUT2D eigenvalue weighted by atomic mass is 16.2. The van der Waals surface area contributed by atoms with Crippen molar-refractivity contribution >= 4 is 5.91 Å². The van der Waals surface area contributed by atoms with E-state index in [0.29, 0.717) is 5.92 Å². The zero-order valence-electron chi connectivity index (χ0n) is 13.8. The third-order valence-corrected chi connectivity index (χ3v) is 5.05. The number of hydrogen-bond donors (Lipinski definition) is 3. The molecule has 4 atom stereocenters.